The molecule has 0 aliphatic carbocycles. The lowest BCUT2D eigenvalue weighted by Gasteiger charge is -2.31. The Bertz CT molecular complexity index is 1550. The molecule has 3 heterocycles. The number of nitro groups is 1. The van der Waals surface area contributed by atoms with E-state index >= 15 is 0 Å². The summed E-state index contributed by atoms with van der Waals surface area (Å²) in [6.45, 7) is 5.78. The number of hydrogen-bond donors (Lipinski definition) is 1. The number of methoxy groups -OCH3 is 2. The summed E-state index contributed by atoms with van der Waals surface area (Å²) in [5.41, 5.74) is 0.420. The second kappa shape index (κ2) is 16.7. The number of fused-ring (bicyclic) bond motifs is 2. The largest absolute Gasteiger partial charge is 0.493 e. The molecule has 2 fully saturated rings. The molecular formula is C34H44N4O9S2. The van der Waals surface area contributed by atoms with Crippen molar-refractivity contribution in [2.75, 3.05) is 57.3 Å². The Morgan fingerprint density at radius 1 is 0.939 bits per heavy atom. The van der Waals surface area contributed by atoms with Gasteiger partial charge in [0.2, 0.25) is 5.91 Å². The molecule has 3 aliphatic rings. The molecule has 3 amide bonds. The molecule has 0 saturated carbocycles. The topological polar surface area (TPSA) is 150 Å². The molecule has 5 rings (SSSR count). The molecule has 0 spiro atoms. The van der Waals surface area contributed by atoms with Gasteiger partial charge in [0.1, 0.15) is 11.6 Å². The quantitative estimate of drug-likeness (QED) is 0.0966. The van der Waals surface area contributed by atoms with Gasteiger partial charge in [0.15, 0.2) is 23.0 Å². The van der Waals surface area contributed by atoms with Gasteiger partial charge in [0, 0.05) is 25.2 Å². The van der Waals surface area contributed by atoms with Crippen LogP contribution in [-0.2, 0) is 4.79 Å². The molecule has 13 nitrogen and oxygen atoms in total. The Balaban J connectivity index is 1.21. The predicted molar refractivity (Wildman–Crippen MR) is 190 cm³/mol. The van der Waals surface area contributed by atoms with E-state index in [1.165, 1.54) is 26.4 Å². The summed E-state index contributed by atoms with van der Waals surface area (Å²) in [4.78, 5) is 54.7. The van der Waals surface area contributed by atoms with Gasteiger partial charge in [-0.2, -0.15) is 0 Å². The Kier molecular flexibility index (Phi) is 12.4. The molecule has 3 aliphatic heterocycles. The minimum absolute atomic E-state index is 0.00383. The number of unbranched alkanes of at least 4 members (excludes halogenated alkanes) is 1. The van der Waals surface area contributed by atoms with Crippen molar-refractivity contribution in [3.8, 4) is 23.0 Å². The molecule has 0 aromatic heterocycles. The zero-order valence-corrected chi connectivity index (χ0v) is 30.0. The summed E-state index contributed by atoms with van der Waals surface area (Å²) < 4.78 is 23.1. The molecule has 1 N–H and O–H groups in total. The zero-order chi connectivity index (χ0) is 35.1. The number of rotatable bonds is 16. The summed E-state index contributed by atoms with van der Waals surface area (Å²) in [7, 11) is 2.93. The maximum Gasteiger partial charge on any atom is 0.286 e. The number of nitro benzene ring substituents is 1. The van der Waals surface area contributed by atoms with E-state index in [0.717, 1.165) is 30.8 Å². The van der Waals surface area contributed by atoms with Gasteiger partial charge in [-0.3, -0.25) is 24.5 Å². The van der Waals surface area contributed by atoms with E-state index in [1.807, 2.05) is 0 Å². The van der Waals surface area contributed by atoms with E-state index in [2.05, 4.69) is 19.2 Å². The Labute approximate surface area is 294 Å². The number of ether oxygens (including phenoxy) is 4. The van der Waals surface area contributed by atoms with Crippen LogP contribution in [0.4, 0.5) is 11.4 Å². The molecule has 2 aromatic rings. The molecule has 0 bridgehead atoms. The highest BCUT2D eigenvalue weighted by atomic mass is 32.2. The average Bonchev–Trinajstić information content (AvgIpc) is 3.78. The third-order valence-corrected chi connectivity index (χ3v) is 11.7. The zero-order valence-electron chi connectivity index (χ0n) is 28.4. The number of anilines is 1. The average molecular weight is 717 g/mol. The van der Waals surface area contributed by atoms with Crippen LogP contribution >= 0.6 is 23.5 Å². The van der Waals surface area contributed by atoms with E-state index < -0.39 is 11.0 Å². The van der Waals surface area contributed by atoms with Crippen LogP contribution in [0.3, 0.4) is 0 Å². The first kappa shape index (κ1) is 36.4. The Morgan fingerprint density at radius 3 is 2.20 bits per heavy atom. The van der Waals surface area contributed by atoms with E-state index in [4.69, 9.17) is 18.9 Å². The number of carbonyl (C=O) groups excluding carboxylic acids is 3. The van der Waals surface area contributed by atoms with E-state index in [0.29, 0.717) is 55.1 Å². The molecule has 2 saturated heterocycles. The van der Waals surface area contributed by atoms with Crippen molar-refractivity contribution >= 4 is 52.6 Å². The fraction of sp³-hybridized carbons (Fsp3) is 0.559. The monoisotopic (exact) mass is 716 g/mol. The van der Waals surface area contributed by atoms with Crippen LogP contribution in [0.2, 0.25) is 0 Å². The third kappa shape index (κ3) is 7.98. The molecule has 49 heavy (non-hydrogen) atoms. The van der Waals surface area contributed by atoms with Gasteiger partial charge in [-0.15, -0.1) is 23.5 Å². The first-order valence-electron chi connectivity index (χ1n) is 16.7. The summed E-state index contributed by atoms with van der Waals surface area (Å²) >= 11 is 3.61. The Morgan fingerprint density at radius 2 is 1.57 bits per heavy atom. The van der Waals surface area contributed by atoms with E-state index in [-0.39, 0.29) is 64.3 Å². The van der Waals surface area contributed by atoms with Crippen LogP contribution < -0.4 is 24.3 Å². The highest BCUT2D eigenvalue weighted by molar-refractivity contribution is 8.17. The van der Waals surface area contributed by atoms with Gasteiger partial charge in [0.05, 0.1) is 60.3 Å². The Hall–Kier alpha value is -3.85. The first-order chi connectivity index (χ1) is 23.7. The summed E-state index contributed by atoms with van der Waals surface area (Å²) in [5, 5.41) is 15.0. The highest BCUT2D eigenvalue weighted by Crippen LogP contribution is 2.40. The van der Waals surface area contributed by atoms with Gasteiger partial charge >= 0.3 is 0 Å². The number of benzene rings is 2. The molecular weight excluding hydrogens is 673 g/mol. The number of likely N-dealkylation sites (tertiary alicyclic amines) is 1. The molecule has 0 radical (unpaired) electrons. The van der Waals surface area contributed by atoms with Gasteiger partial charge in [0.25, 0.3) is 17.5 Å². The van der Waals surface area contributed by atoms with Gasteiger partial charge in [-0.25, -0.2) is 0 Å². The summed E-state index contributed by atoms with van der Waals surface area (Å²) in [6.07, 6.45) is 4.23. The number of thioether (sulfide) groups is 2. The molecule has 0 unspecified atom stereocenters. The van der Waals surface area contributed by atoms with Crippen molar-refractivity contribution in [3.05, 3.63) is 45.5 Å². The van der Waals surface area contributed by atoms with Crippen LogP contribution in [0, 0.1) is 10.1 Å². The van der Waals surface area contributed by atoms with Crippen molar-refractivity contribution < 1.29 is 38.3 Å². The van der Waals surface area contributed by atoms with Crippen molar-refractivity contribution in [3.63, 3.8) is 0 Å². The van der Waals surface area contributed by atoms with Crippen LogP contribution in [-0.4, -0.2) is 101 Å². The van der Waals surface area contributed by atoms with Crippen molar-refractivity contribution in [2.45, 2.75) is 69.0 Å². The SMILES string of the molecule is CCSC(SCC)[C@@H]1CCCN1C(=O)c1cc(OC)c(OCCCCOc2cc3c(cc2OC)C(=O)N2CCC[C@H]2C(=O)N3)cc1[N+](=O)[O-]. The van der Waals surface area contributed by atoms with Gasteiger partial charge < -0.3 is 34.1 Å². The van der Waals surface area contributed by atoms with Crippen molar-refractivity contribution in [1.82, 2.24) is 9.80 Å². The maximum absolute atomic E-state index is 13.8. The van der Waals surface area contributed by atoms with Gasteiger partial charge in [-0.1, -0.05) is 13.8 Å². The van der Waals surface area contributed by atoms with Gasteiger partial charge in [-0.05, 0) is 56.1 Å². The lowest BCUT2D eigenvalue weighted by molar-refractivity contribution is -0.385. The standard InChI is InChI=1S/C34H44N4O9S2/c1-5-48-34(49-6-2)25-12-10-14-37(25)33(41)22-18-28(45-4)30(20-26(22)38(42)43)47-16-8-7-15-46-29-19-23-21(17-27(29)44-3)32(40)36-13-9-11-24(36)31(39)35-23/h17-20,24-25,34H,5-16H2,1-4H3,(H,35,39)/t24-,25-/m0/s1. The number of nitrogens with one attached hydrogen (secondary N) is 1. The van der Waals surface area contributed by atoms with Crippen LogP contribution in [0.15, 0.2) is 24.3 Å². The number of hydrogen-bond acceptors (Lipinski definition) is 11. The second-order valence-electron chi connectivity index (χ2n) is 11.9. The normalized spacial score (nSPS) is 18.6. The molecule has 2 atom stereocenters. The van der Waals surface area contributed by atoms with Crippen LogP contribution in [0.1, 0.15) is 73.1 Å². The van der Waals surface area contributed by atoms with Crippen molar-refractivity contribution in [2.24, 2.45) is 0 Å². The van der Waals surface area contributed by atoms with Crippen LogP contribution in [0.25, 0.3) is 0 Å². The smallest absolute Gasteiger partial charge is 0.286 e. The number of amides is 3. The third-order valence-electron chi connectivity index (χ3n) is 8.91. The number of nitrogens with zero attached hydrogens (tertiary/aromatic N) is 3. The lowest BCUT2D eigenvalue weighted by atomic mass is 10.1. The maximum atomic E-state index is 13.8. The molecule has 2 aromatic carbocycles. The fourth-order valence-electron chi connectivity index (χ4n) is 6.56. The second-order valence-corrected chi connectivity index (χ2v) is 15.0. The molecule has 15 heteroatoms. The van der Waals surface area contributed by atoms with Crippen molar-refractivity contribution in [1.29, 1.82) is 0 Å². The minimum Gasteiger partial charge on any atom is -0.493 e. The fourth-order valence-corrected chi connectivity index (χ4v) is 9.43. The van der Waals surface area contributed by atoms with E-state index in [1.54, 1.807) is 45.5 Å². The minimum atomic E-state index is -0.550. The number of carbonyl (C=O) groups is 3. The van der Waals surface area contributed by atoms with E-state index in [9.17, 15) is 24.5 Å². The lowest BCUT2D eigenvalue weighted by Crippen LogP contribution is -2.41. The molecule has 266 valence electrons. The van der Waals surface area contributed by atoms with Crippen LogP contribution in [0.5, 0.6) is 23.0 Å². The predicted octanol–water partition coefficient (Wildman–Crippen LogP) is 5.84. The summed E-state index contributed by atoms with van der Waals surface area (Å²) in [5.74, 6) is 2.25. The highest BCUT2D eigenvalue weighted by Gasteiger charge is 2.40. The first-order valence-corrected chi connectivity index (χ1v) is 18.8. The summed E-state index contributed by atoms with van der Waals surface area (Å²) in [6, 6.07) is 5.43.